The molecule has 6 heteroatoms. The van der Waals surface area contributed by atoms with Crippen molar-refractivity contribution < 1.29 is 14.3 Å². The molecule has 0 spiro atoms. The zero-order valence-corrected chi connectivity index (χ0v) is 14.8. The highest BCUT2D eigenvalue weighted by Crippen LogP contribution is 2.52. The zero-order valence-electron chi connectivity index (χ0n) is 14.0. The summed E-state index contributed by atoms with van der Waals surface area (Å²) in [6.45, 7) is 0. The van der Waals surface area contributed by atoms with Gasteiger partial charge in [0.25, 0.3) is 5.91 Å². The molecule has 2 heterocycles. The lowest BCUT2D eigenvalue weighted by molar-refractivity contribution is -0.159. The quantitative estimate of drug-likeness (QED) is 0.912. The number of nitrogens with two attached hydrogens (primary N) is 1. The first kappa shape index (κ1) is 16.4. The van der Waals surface area contributed by atoms with Crippen molar-refractivity contribution in [2.75, 3.05) is 7.11 Å². The van der Waals surface area contributed by atoms with E-state index in [0.717, 1.165) is 41.7 Å². The van der Waals surface area contributed by atoms with Crippen molar-refractivity contribution in [3.63, 3.8) is 0 Å². The molecule has 1 amide bonds. The molecule has 5 nitrogen and oxygen atoms in total. The highest BCUT2D eigenvalue weighted by atomic mass is 32.1. The SMILES string of the molecule is COC12CCC(CC1)C(c1cc(-c3ccncc3)sc1C(N)=O)C2=O. The van der Waals surface area contributed by atoms with E-state index in [1.807, 2.05) is 18.2 Å². The Kier molecular flexibility index (Phi) is 3.96. The van der Waals surface area contributed by atoms with Crippen molar-refractivity contribution in [2.45, 2.75) is 37.2 Å². The molecule has 3 fully saturated rings. The van der Waals surface area contributed by atoms with Crippen molar-refractivity contribution in [1.29, 1.82) is 0 Å². The van der Waals surface area contributed by atoms with Gasteiger partial charge in [0.15, 0.2) is 5.78 Å². The summed E-state index contributed by atoms with van der Waals surface area (Å²) in [6.07, 6.45) is 6.87. The van der Waals surface area contributed by atoms with Crippen LogP contribution in [0.3, 0.4) is 0 Å². The standard InChI is InChI=1S/C19H20N2O3S/c1-24-19-6-2-12(3-7-19)15(17(19)22)13-10-14(25-16(13)18(20)23)11-4-8-21-9-5-11/h4-5,8-10,12,15H,2-3,6-7H2,1H3,(H2,20,23). The van der Waals surface area contributed by atoms with Gasteiger partial charge in [-0.05, 0) is 60.9 Å². The molecular formula is C19H20N2O3S. The summed E-state index contributed by atoms with van der Waals surface area (Å²) in [7, 11) is 1.62. The van der Waals surface area contributed by atoms with Gasteiger partial charge in [-0.15, -0.1) is 11.3 Å². The number of hydrogen-bond acceptors (Lipinski definition) is 5. The molecule has 0 aliphatic heterocycles. The molecule has 0 saturated heterocycles. The number of amides is 1. The van der Waals surface area contributed by atoms with Crippen molar-refractivity contribution in [1.82, 2.24) is 4.98 Å². The van der Waals surface area contributed by atoms with Crippen LogP contribution in [0.1, 0.15) is 46.8 Å². The fraction of sp³-hybridized carbons (Fsp3) is 0.421. The van der Waals surface area contributed by atoms with Crippen LogP contribution in [-0.2, 0) is 9.53 Å². The Balaban J connectivity index is 1.81. The van der Waals surface area contributed by atoms with Gasteiger partial charge in [0, 0.05) is 24.4 Å². The average molecular weight is 356 g/mol. The third-order valence-corrected chi connectivity index (χ3v) is 6.93. The molecule has 3 saturated carbocycles. The molecule has 3 aliphatic rings. The molecule has 2 aromatic rings. The Labute approximate surface area is 150 Å². The van der Waals surface area contributed by atoms with E-state index >= 15 is 0 Å². The Bertz CT molecular complexity index is 822. The van der Waals surface area contributed by atoms with Crippen LogP contribution in [0.4, 0.5) is 0 Å². The Morgan fingerprint density at radius 3 is 2.60 bits per heavy atom. The van der Waals surface area contributed by atoms with Crippen molar-refractivity contribution in [3.8, 4) is 10.4 Å². The van der Waals surface area contributed by atoms with E-state index in [9.17, 15) is 9.59 Å². The van der Waals surface area contributed by atoms with Crippen LogP contribution in [0.2, 0.25) is 0 Å². The van der Waals surface area contributed by atoms with Crippen LogP contribution in [0.5, 0.6) is 0 Å². The van der Waals surface area contributed by atoms with E-state index in [4.69, 9.17) is 10.5 Å². The largest absolute Gasteiger partial charge is 0.370 e. The second-order valence-corrected chi connectivity index (χ2v) is 7.93. The lowest BCUT2D eigenvalue weighted by Gasteiger charge is -2.48. The molecule has 1 atom stereocenters. The van der Waals surface area contributed by atoms with E-state index in [-0.39, 0.29) is 17.6 Å². The number of ketones is 1. The predicted molar refractivity (Wildman–Crippen MR) is 95.5 cm³/mol. The van der Waals surface area contributed by atoms with Gasteiger partial charge in [-0.1, -0.05) is 0 Å². The van der Waals surface area contributed by atoms with Crippen LogP contribution in [-0.4, -0.2) is 29.4 Å². The van der Waals surface area contributed by atoms with E-state index in [0.29, 0.717) is 4.88 Å². The summed E-state index contributed by atoms with van der Waals surface area (Å²) >= 11 is 1.35. The fourth-order valence-electron chi connectivity index (χ4n) is 4.37. The number of rotatable bonds is 4. The second kappa shape index (κ2) is 6.04. The third-order valence-electron chi connectivity index (χ3n) is 5.72. The van der Waals surface area contributed by atoms with E-state index in [1.165, 1.54) is 11.3 Å². The van der Waals surface area contributed by atoms with Gasteiger partial charge >= 0.3 is 0 Å². The summed E-state index contributed by atoms with van der Waals surface area (Å²) in [5.41, 5.74) is 6.70. The summed E-state index contributed by atoms with van der Waals surface area (Å²) in [5.74, 6) is -0.389. The van der Waals surface area contributed by atoms with Crippen molar-refractivity contribution in [3.05, 3.63) is 41.0 Å². The summed E-state index contributed by atoms with van der Waals surface area (Å²) in [5, 5.41) is 0. The van der Waals surface area contributed by atoms with Crippen LogP contribution in [0, 0.1) is 5.92 Å². The molecule has 25 heavy (non-hydrogen) atoms. The number of Topliss-reactive ketones (excluding diaryl/α,β-unsaturated/α-hetero) is 1. The predicted octanol–water partition coefficient (Wildman–Crippen LogP) is 3.15. The van der Waals surface area contributed by atoms with Gasteiger partial charge < -0.3 is 10.5 Å². The Morgan fingerprint density at radius 1 is 1.32 bits per heavy atom. The molecule has 2 N–H and O–H groups in total. The van der Waals surface area contributed by atoms with Gasteiger partial charge in [-0.2, -0.15) is 0 Å². The van der Waals surface area contributed by atoms with Gasteiger partial charge in [0.05, 0.1) is 10.8 Å². The molecule has 0 aromatic carbocycles. The number of methoxy groups -OCH3 is 1. The number of carbonyl (C=O) groups excluding carboxylic acids is 2. The lowest BCUT2D eigenvalue weighted by atomic mass is 9.59. The molecule has 2 aromatic heterocycles. The average Bonchev–Trinajstić information content (AvgIpc) is 3.09. The number of hydrogen-bond donors (Lipinski definition) is 1. The third kappa shape index (κ3) is 2.51. The lowest BCUT2D eigenvalue weighted by Crippen LogP contribution is -2.54. The number of pyridine rings is 1. The maximum atomic E-state index is 13.2. The minimum Gasteiger partial charge on any atom is -0.370 e. The zero-order chi connectivity index (χ0) is 17.6. The monoisotopic (exact) mass is 356 g/mol. The Hall–Kier alpha value is -2.05. The first-order chi connectivity index (χ1) is 12.1. The maximum Gasteiger partial charge on any atom is 0.259 e. The smallest absolute Gasteiger partial charge is 0.259 e. The van der Waals surface area contributed by atoms with Crippen LogP contribution >= 0.6 is 11.3 Å². The van der Waals surface area contributed by atoms with Crippen molar-refractivity contribution >= 4 is 23.0 Å². The maximum absolute atomic E-state index is 13.2. The topological polar surface area (TPSA) is 82.3 Å². The van der Waals surface area contributed by atoms with E-state index < -0.39 is 11.5 Å². The number of primary amides is 1. The molecule has 3 aliphatic carbocycles. The molecule has 1 unspecified atom stereocenters. The molecular weight excluding hydrogens is 336 g/mol. The minimum absolute atomic E-state index is 0.110. The highest BCUT2D eigenvalue weighted by Gasteiger charge is 2.54. The first-order valence-corrected chi connectivity index (χ1v) is 9.31. The number of aromatic nitrogens is 1. The van der Waals surface area contributed by atoms with Crippen LogP contribution in [0.15, 0.2) is 30.6 Å². The number of fused-ring (bicyclic) bond motifs is 3. The Morgan fingerprint density at radius 2 is 2.00 bits per heavy atom. The summed E-state index contributed by atoms with van der Waals surface area (Å²) in [4.78, 5) is 30.7. The van der Waals surface area contributed by atoms with E-state index in [1.54, 1.807) is 19.5 Å². The second-order valence-electron chi connectivity index (χ2n) is 6.87. The van der Waals surface area contributed by atoms with Gasteiger partial charge in [0.2, 0.25) is 0 Å². The number of carbonyl (C=O) groups is 2. The van der Waals surface area contributed by atoms with Crippen LogP contribution < -0.4 is 5.73 Å². The fourth-order valence-corrected chi connectivity index (χ4v) is 5.43. The minimum atomic E-state index is -0.687. The van der Waals surface area contributed by atoms with Gasteiger partial charge in [0.1, 0.15) is 5.60 Å². The normalized spacial score (nSPS) is 28.3. The first-order valence-electron chi connectivity index (χ1n) is 8.49. The van der Waals surface area contributed by atoms with Gasteiger partial charge in [-0.25, -0.2) is 0 Å². The summed E-state index contributed by atoms with van der Waals surface area (Å²) in [6, 6.07) is 5.75. The number of ether oxygens (including phenoxy) is 1. The molecule has 2 bridgehead atoms. The van der Waals surface area contributed by atoms with E-state index in [2.05, 4.69) is 4.98 Å². The summed E-state index contributed by atoms with van der Waals surface area (Å²) < 4.78 is 5.65. The molecule has 5 rings (SSSR count). The number of thiophene rings is 1. The van der Waals surface area contributed by atoms with Crippen molar-refractivity contribution in [2.24, 2.45) is 11.7 Å². The van der Waals surface area contributed by atoms with Crippen LogP contribution in [0.25, 0.3) is 10.4 Å². The van der Waals surface area contributed by atoms with Gasteiger partial charge in [-0.3, -0.25) is 14.6 Å². The number of nitrogens with zero attached hydrogens (tertiary/aromatic N) is 1. The molecule has 0 radical (unpaired) electrons. The molecule has 130 valence electrons. The highest BCUT2D eigenvalue weighted by molar-refractivity contribution is 7.17.